The van der Waals surface area contributed by atoms with Gasteiger partial charge in [-0.15, -0.1) is 0 Å². The minimum atomic E-state index is -5.02. The Labute approximate surface area is 287 Å². The number of nitrogen functional groups attached to an aromatic ring is 2. The second-order valence-corrected chi connectivity index (χ2v) is 11.0. The largest absolute Gasteiger partial charge is 1.00 e. The molecule has 0 radical (unpaired) electrons. The van der Waals surface area contributed by atoms with E-state index in [1.165, 1.54) is 36.4 Å². The minimum Gasteiger partial charge on any atom is -1.00 e. The van der Waals surface area contributed by atoms with E-state index >= 15 is 0 Å². The number of halogens is 2. The van der Waals surface area contributed by atoms with Crippen LogP contribution in [-0.2, 0) is 20.2 Å². The van der Waals surface area contributed by atoms with Crippen molar-refractivity contribution < 1.29 is 80.2 Å². The molecule has 0 aliphatic heterocycles. The Hall–Kier alpha value is -2.56. The van der Waals surface area contributed by atoms with E-state index in [0.717, 1.165) is 12.1 Å². The average molecular weight is 668 g/mol. The van der Waals surface area contributed by atoms with Gasteiger partial charge in [-0.2, -0.15) is 38.3 Å². The molecule has 0 spiro atoms. The van der Waals surface area contributed by atoms with Crippen LogP contribution in [-0.4, -0.2) is 55.8 Å². The summed E-state index contributed by atoms with van der Waals surface area (Å²) in [6, 6.07) is 7.44. The molecule has 4 aromatic rings. The third-order valence-electron chi connectivity index (χ3n) is 4.78. The van der Waals surface area contributed by atoms with Crippen LogP contribution in [0, 0.1) is 0 Å². The van der Waals surface area contributed by atoms with Crippen LogP contribution in [0.1, 0.15) is 14.0 Å². The zero-order valence-corrected chi connectivity index (χ0v) is 26.8. The van der Waals surface area contributed by atoms with E-state index in [9.17, 15) is 25.9 Å². The first kappa shape index (κ1) is 32.9. The molecule has 0 atom stereocenters. The number of nitrogens with two attached hydrogens (primary N) is 2. The van der Waals surface area contributed by atoms with Crippen LogP contribution in [0.25, 0.3) is 12.2 Å². The number of rotatable bonds is 8. The fourth-order valence-electron chi connectivity index (χ4n) is 3.22. The number of nitrogens with one attached hydrogen (secondary N) is 2. The topological polar surface area (TPSA) is 265 Å². The van der Waals surface area contributed by atoms with Gasteiger partial charge in [-0.1, -0.05) is 24.3 Å². The van der Waals surface area contributed by atoms with E-state index in [1.54, 1.807) is 0 Å². The maximum atomic E-state index is 12.1. The van der Waals surface area contributed by atoms with Crippen LogP contribution >= 0.6 is 23.2 Å². The standard InChI is InChI=1S/C20H16Cl2N10O6S2.K.H/c21-15-27-17(23)31-19(29-15)25-11-5-3-9(13(7-11)39(33,34)35)1-2-10-4-6-12(8-14(10)40(36,37)38)26-20-30-16(22)28-18(24)32-20;;/h1-8H,(H,33,34,35)(H,36,37,38)(H3,23,25,27,29,31)(H3,24,26,28,30,32);;/q;+1;-1. The van der Waals surface area contributed by atoms with Gasteiger partial charge in [-0.3, -0.25) is 4.55 Å². The molecule has 2 aromatic carbocycles. The normalized spacial score (nSPS) is 11.7. The van der Waals surface area contributed by atoms with Crippen molar-refractivity contribution in [3.8, 4) is 0 Å². The van der Waals surface area contributed by atoms with Crippen molar-refractivity contribution in [2.24, 2.45) is 0 Å². The Morgan fingerprint density at radius 3 is 1.59 bits per heavy atom. The maximum Gasteiger partial charge on any atom is 1.00 e. The summed E-state index contributed by atoms with van der Waals surface area (Å²) in [7, 11) is -9.80. The van der Waals surface area contributed by atoms with Gasteiger partial charge >= 0.3 is 52.8 Å². The summed E-state index contributed by atoms with van der Waals surface area (Å²) in [6.07, 6.45) is 2.37. The van der Waals surface area contributed by atoms with Gasteiger partial charge in [0.25, 0.3) is 10.1 Å². The van der Waals surface area contributed by atoms with Gasteiger partial charge in [0.05, 0.1) is 4.90 Å². The first-order valence-electron chi connectivity index (χ1n) is 10.4. The van der Waals surface area contributed by atoms with E-state index < -0.39 is 30.0 Å². The Balaban J connectivity index is 0.00000308. The average Bonchev–Trinajstić information content (AvgIpc) is 2.81. The van der Waals surface area contributed by atoms with Crippen molar-refractivity contribution in [2.45, 2.75) is 9.79 Å². The fourth-order valence-corrected chi connectivity index (χ4v) is 4.96. The van der Waals surface area contributed by atoms with E-state index in [1.807, 2.05) is 0 Å². The molecular formula is C20H17Cl2KN10O6S2. The van der Waals surface area contributed by atoms with Crippen LogP contribution in [0.4, 0.5) is 35.2 Å². The van der Waals surface area contributed by atoms with Gasteiger partial charge in [0.2, 0.25) is 34.4 Å². The molecule has 0 unspecified atom stereocenters. The summed E-state index contributed by atoms with van der Waals surface area (Å²) in [5, 5.41) is 4.90. The molecule has 21 heteroatoms. The number of hydrogen-bond donors (Lipinski definition) is 5. The SMILES string of the molecule is Nc1nc(Cl)nc(Nc2ccc(C=Cc3ccc(Nc4nc(N)nc(Cl)n4)cc3S(=O)(=O)O)c(S(=O)(=O)[O-])c2)n1.[H+].[H-].[K+]. The molecule has 0 saturated heterocycles. The fraction of sp³-hybridized carbons (Fsp3) is 0. The molecule has 7 N–H and O–H groups in total. The summed E-state index contributed by atoms with van der Waals surface area (Å²) >= 11 is 11.5. The van der Waals surface area contributed by atoms with Crippen LogP contribution < -0.4 is 73.5 Å². The predicted molar refractivity (Wildman–Crippen MR) is 147 cm³/mol. The van der Waals surface area contributed by atoms with Gasteiger partial charge in [0, 0.05) is 11.4 Å². The molecule has 0 aliphatic rings. The molecular weight excluding hydrogens is 650 g/mol. The van der Waals surface area contributed by atoms with Crippen LogP contribution in [0.5, 0.6) is 0 Å². The molecule has 0 fully saturated rings. The van der Waals surface area contributed by atoms with Gasteiger partial charge in [0.15, 0.2) is 0 Å². The van der Waals surface area contributed by atoms with Gasteiger partial charge in [-0.25, -0.2) is 8.42 Å². The molecule has 0 aliphatic carbocycles. The van der Waals surface area contributed by atoms with Crippen LogP contribution in [0.15, 0.2) is 46.2 Å². The Morgan fingerprint density at radius 2 is 1.20 bits per heavy atom. The summed E-state index contributed by atoms with van der Waals surface area (Å²) in [4.78, 5) is 21.2. The first-order chi connectivity index (χ1) is 18.7. The molecule has 0 saturated carbocycles. The molecule has 4 rings (SSSR count). The molecule has 210 valence electrons. The zero-order valence-electron chi connectivity index (χ0n) is 22.5. The summed E-state index contributed by atoms with van der Waals surface area (Å²) < 4.78 is 69.9. The van der Waals surface area contributed by atoms with Gasteiger partial charge in [-0.05, 0) is 58.6 Å². The third-order valence-corrected chi connectivity index (χ3v) is 6.92. The second-order valence-electron chi connectivity index (χ2n) is 7.59. The van der Waals surface area contributed by atoms with Gasteiger partial charge in [0.1, 0.15) is 15.0 Å². The summed E-state index contributed by atoms with van der Waals surface area (Å²) in [5.41, 5.74) is 11.1. The quantitative estimate of drug-likeness (QED) is 0.0906. The van der Waals surface area contributed by atoms with Crippen molar-refractivity contribution in [1.82, 2.24) is 29.9 Å². The smallest absolute Gasteiger partial charge is 1.00 e. The Kier molecular flexibility index (Phi) is 10.6. The van der Waals surface area contributed by atoms with Gasteiger partial charge < -0.3 is 28.1 Å². The molecule has 2 aromatic heterocycles. The van der Waals surface area contributed by atoms with Crippen molar-refractivity contribution >= 4 is 90.8 Å². The van der Waals surface area contributed by atoms with Crippen molar-refractivity contribution in [2.75, 3.05) is 22.1 Å². The van der Waals surface area contributed by atoms with E-state index in [4.69, 9.17) is 34.7 Å². The van der Waals surface area contributed by atoms with E-state index in [0.29, 0.717) is 0 Å². The van der Waals surface area contributed by atoms with Crippen molar-refractivity contribution in [3.05, 3.63) is 58.1 Å². The third kappa shape index (κ3) is 8.96. The van der Waals surface area contributed by atoms with E-state index in [-0.39, 0.29) is 111 Å². The zero-order chi connectivity index (χ0) is 29.2. The monoisotopic (exact) mass is 666 g/mol. The number of aromatic nitrogens is 6. The van der Waals surface area contributed by atoms with E-state index in [2.05, 4.69) is 40.5 Å². The van der Waals surface area contributed by atoms with Crippen LogP contribution in [0.2, 0.25) is 10.6 Å². The molecule has 2 heterocycles. The van der Waals surface area contributed by atoms with Crippen LogP contribution in [0.3, 0.4) is 0 Å². The predicted octanol–water partition coefficient (Wildman–Crippen LogP) is -0.435. The molecule has 16 nitrogen and oxygen atoms in total. The molecule has 0 bridgehead atoms. The molecule has 41 heavy (non-hydrogen) atoms. The number of nitrogens with zero attached hydrogens (tertiary/aromatic N) is 6. The number of benzene rings is 2. The Morgan fingerprint density at radius 1 is 0.780 bits per heavy atom. The molecule has 0 amide bonds. The first-order valence-corrected chi connectivity index (χ1v) is 14.1. The Bertz CT molecular complexity index is 1720. The summed E-state index contributed by atoms with van der Waals surface area (Å²) in [6.45, 7) is 0. The summed E-state index contributed by atoms with van der Waals surface area (Å²) in [5.74, 6) is -0.591. The maximum absolute atomic E-state index is 12.1. The van der Waals surface area contributed by atoms with Crippen molar-refractivity contribution in [3.63, 3.8) is 0 Å². The second kappa shape index (κ2) is 13.2. The number of hydrogen-bond acceptors (Lipinski definition) is 15. The number of anilines is 6. The minimum absolute atomic E-state index is 0. The van der Waals surface area contributed by atoms with Crippen molar-refractivity contribution in [1.29, 1.82) is 0 Å².